The summed E-state index contributed by atoms with van der Waals surface area (Å²) in [5, 5.41) is 7.00. The number of aromatic nitrogens is 1. The summed E-state index contributed by atoms with van der Waals surface area (Å²) in [5.41, 5.74) is 18.8. The summed E-state index contributed by atoms with van der Waals surface area (Å²) in [4.78, 5) is 14.9. The van der Waals surface area contributed by atoms with Gasteiger partial charge in [-0.3, -0.25) is 4.99 Å². The van der Waals surface area contributed by atoms with E-state index in [1.807, 2.05) is 84.9 Å². The van der Waals surface area contributed by atoms with Gasteiger partial charge in [0.1, 0.15) is 6.04 Å². The van der Waals surface area contributed by atoms with Gasteiger partial charge in [0, 0.05) is 22.3 Å². The predicted octanol–water partition coefficient (Wildman–Crippen LogP) is 15.7. The van der Waals surface area contributed by atoms with Gasteiger partial charge in [-0.05, 0) is 79.8 Å². The molecule has 3 aliphatic rings. The van der Waals surface area contributed by atoms with Crippen molar-refractivity contribution in [3.8, 4) is 11.3 Å². The number of allylic oxidation sites excluding steroid dienone is 2. The van der Waals surface area contributed by atoms with E-state index in [1.165, 1.54) is 33.4 Å². The number of aryl methyl sites for hydroxylation is 4. The van der Waals surface area contributed by atoms with Crippen LogP contribution in [-0.4, -0.2) is 11.4 Å². The molecule has 4 heterocycles. The van der Waals surface area contributed by atoms with Crippen molar-refractivity contribution in [3.05, 3.63) is 250 Å². The molecule has 63 heavy (non-hydrogen) atoms. The third kappa shape index (κ3) is 9.33. The average Bonchev–Trinajstić information content (AvgIpc) is 4.07. The van der Waals surface area contributed by atoms with E-state index in [4.69, 9.17) is 66.7 Å². The number of benzene rings is 6. The summed E-state index contributed by atoms with van der Waals surface area (Å²) in [7, 11) is 0. The van der Waals surface area contributed by atoms with Crippen molar-refractivity contribution in [1.82, 2.24) is 4.98 Å². The average molecular weight is 950 g/mol. The van der Waals surface area contributed by atoms with Gasteiger partial charge >= 0.3 is 17.1 Å². The van der Waals surface area contributed by atoms with Gasteiger partial charge < -0.3 is 10.3 Å². The van der Waals surface area contributed by atoms with Crippen LogP contribution in [0.5, 0.6) is 0 Å². The number of rotatable bonds is 6. The second-order valence-corrected chi connectivity index (χ2v) is 17.4. The van der Waals surface area contributed by atoms with Crippen LogP contribution in [-0.2, 0) is 17.1 Å². The molecule has 0 N–H and O–H groups in total. The zero-order valence-corrected chi connectivity index (χ0v) is 38.7. The van der Waals surface area contributed by atoms with Gasteiger partial charge in [0.15, 0.2) is 0 Å². The van der Waals surface area contributed by atoms with E-state index in [-0.39, 0.29) is 29.2 Å². The Labute approximate surface area is 399 Å². The van der Waals surface area contributed by atoms with Crippen LogP contribution in [0.15, 0.2) is 167 Å². The zero-order chi connectivity index (χ0) is 43.1. The molecule has 0 amide bonds. The SMILES string of the molecule is Cc1ccc(C2=N/C(=C\c3ccc(-c4ccccc4)[n-]3)c3cc(Cl)c(Cl)cc32)c(C)c1.Cc1ccc(C2N=C(/C=C3/C=CC(c4ccccc4)[N-]3)c3cc(Cl)c(Cl)cc32)c(C)c1.[Cu+2]. The van der Waals surface area contributed by atoms with Crippen LogP contribution in [0, 0.1) is 27.7 Å². The second kappa shape index (κ2) is 18.8. The van der Waals surface area contributed by atoms with Crippen LogP contribution in [0.1, 0.15) is 79.0 Å². The molecule has 315 valence electrons. The maximum absolute atomic E-state index is 6.39. The zero-order valence-electron chi connectivity index (χ0n) is 34.8. The standard InChI is InChI=1S/C27H21Cl2N2.C27H19Cl2N2.Cu/c2*1-16-8-10-20(17(2)12-16)27-22-15-24(29)23(28)14-21(22)26(31-27)13-19-9-11-25(30-19)18-6-4-3-5-7-18;/h3-15,25,27H,1-2H3;3-15H,1-2H3;/q2*-1;+2/b19-13-;26-13-;. The van der Waals surface area contributed by atoms with Crippen molar-refractivity contribution < 1.29 is 17.1 Å². The van der Waals surface area contributed by atoms with Crippen LogP contribution in [0.3, 0.4) is 0 Å². The first kappa shape index (κ1) is 44.3. The normalized spacial score (nSPS) is 17.1. The van der Waals surface area contributed by atoms with Gasteiger partial charge in [0.05, 0.1) is 37.2 Å². The molecular weight excluding hydrogens is 910 g/mol. The van der Waals surface area contributed by atoms with E-state index in [0.717, 1.165) is 67.6 Å². The van der Waals surface area contributed by atoms with E-state index >= 15 is 0 Å². The largest absolute Gasteiger partial charge is 2.00 e. The minimum absolute atomic E-state index is 0. The maximum atomic E-state index is 6.39. The van der Waals surface area contributed by atoms with Crippen molar-refractivity contribution >= 4 is 69.6 Å². The van der Waals surface area contributed by atoms with Crippen molar-refractivity contribution in [3.63, 3.8) is 0 Å². The Hall–Kier alpha value is -5.36. The smallest absolute Gasteiger partial charge is 0.675 e. The first-order valence-corrected chi connectivity index (χ1v) is 21.9. The summed E-state index contributed by atoms with van der Waals surface area (Å²) in [6, 6.07) is 45.0. The molecule has 2 unspecified atom stereocenters. The molecular formula is C54H40Cl4CuN4. The van der Waals surface area contributed by atoms with Crippen molar-refractivity contribution in [2.45, 2.75) is 39.8 Å². The maximum Gasteiger partial charge on any atom is 2.00 e. The Bertz CT molecular complexity index is 3040. The first-order chi connectivity index (χ1) is 30.0. The van der Waals surface area contributed by atoms with E-state index in [2.05, 4.69) is 101 Å². The molecule has 0 saturated carbocycles. The van der Waals surface area contributed by atoms with Gasteiger partial charge in [-0.15, -0.1) is 17.1 Å². The van der Waals surface area contributed by atoms with Crippen LogP contribution in [0.4, 0.5) is 0 Å². The molecule has 6 aromatic carbocycles. The van der Waals surface area contributed by atoms with Gasteiger partial charge in [0.25, 0.3) is 0 Å². The van der Waals surface area contributed by atoms with Crippen LogP contribution < -0.4 is 4.98 Å². The van der Waals surface area contributed by atoms with E-state index in [9.17, 15) is 0 Å². The Morgan fingerprint density at radius 1 is 0.571 bits per heavy atom. The van der Waals surface area contributed by atoms with Crippen LogP contribution >= 0.6 is 46.4 Å². The molecule has 0 aliphatic carbocycles. The molecule has 7 aromatic rings. The monoisotopic (exact) mass is 947 g/mol. The summed E-state index contributed by atoms with van der Waals surface area (Å²) < 4.78 is 0. The molecule has 0 saturated heterocycles. The molecule has 0 spiro atoms. The number of aliphatic imine (C=N–C) groups is 2. The molecule has 1 radical (unpaired) electrons. The van der Waals surface area contributed by atoms with Gasteiger partial charge in [-0.2, -0.15) is 0 Å². The van der Waals surface area contributed by atoms with Crippen molar-refractivity contribution in [1.29, 1.82) is 0 Å². The summed E-state index contributed by atoms with van der Waals surface area (Å²) in [6.07, 6.45) is 8.23. The van der Waals surface area contributed by atoms with Crippen LogP contribution in [0.25, 0.3) is 28.3 Å². The van der Waals surface area contributed by atoms with Gasteiger partial charge in [-0.1, -0.05) is 203 Å². The molecule has 0 bridgehead atoms. The molecule has 1 aromatic heterocycles. The van der Waals surface area contributed by atoms with E-state index in [0.29, 0.717) is 20.1 Å². The van der Waals surface area contributed by atoms with Crippen LogP contribution in [0.2, 0.25) is 20.1 Å². The van der Waals surface area contributed by atoms with Crippen molar-refractivity contribution in [2.24, 2.45) is 9.98 Å². The Morgan fingerprint density at radius 2 is 1.21 bits per heavy atom. The third-order valence-corrected chi connectivity index (χ3v) is 12.7. The number of hydrogen-bond acceptors (Lipinski definition) is 2. The minimum Gasteiger partial charge on any atom is -0.675 e. The fourth-order valence-corrected chi connectivity index (χ4v) is 8.89. The van der Waals surface area contributed by atoms with Gasteiger partial charge in [0.2, 0.25) is 0 Å². The summed E-state index contributed by atoms with van der Waals surface area (Å²) >= 11 is 25.5. The Balaban J connectivity index is 0.000000170. The summed E-state index contributed by atoms with van der Waals surface area (Å²) in [6.45, 7) is 8.43. The van der Waals surface area contributed by atoms with E-state index in [1.54, 1.807) is 0 Å². The third-order valence-electron chi connectivity index (χ3n) is 11.3. The molecule has 2 atom stereocenters. The topological polar surface area (TPSA) is 52.9 Å². The summed E-state index contributed by atoms with van der Waals surface area (Å²) in [5.74, 6) is 0. The predicted molar refractivity (Wildman–Crippen MR) is 262 cm³/mol. The number of fused-ring (bicyclic) bond motifs is 2. The second-order valence-electron chi connectivity index (χ2n) is 15.8. The quantitative estimate of drug-likeness (QED) is 0.153. The molecule has 0 fully saturated rings. The Kier molecular flexibility index (Phi) is 13.2. The Morgan fingerprint density at radius 3 is 1.90 bits per heavy atom. The molecule has 4 nitrogen and oxygen atoms in total. The minimum atomic E-state index is -0.104. The number of hydrogen-bond donors (Lipinski definition) is 0. The number of halogens is 4. The number of nitrogens with zero attached hydrogens (tertiary/aromatic N) is 4. The van der Waals surface area contributed by atoms with Crippen molar-refractivity contribution in [2.75, 3.05) is 0 Å². The van der Waals surface area contributed by atoms with Gasteiger partial charge in [-0.25, -0.2) is 4.99 Å². The molecule has 10 rings (SSSR count). The fraction of sp³-hybridized carbons (Fsp3) is 0.111. The molecule has 3 aliphatic heterocycles. The van der Waals surface area contributed by atoms with E-state index < -0.39 is 0 Å². The molecule has 9 heteroatoms. The first-order valence-electron chi connectivity index (χ1n) is 20.4. The fourth-order valence-electron chi connectivity index (χ4n) is 8.23.